The summed E-state index contributed by atoms with van der Waals surface area (Å²) in [6.07, 6.45) is 3.32. The van der Waals surface area contributed by atoms with Gasteiger partial charge in [0.15, 0.2) is 0 Å². The van der Waals surface area contributed by atoms with Crippen LogP contribution >= 0.6 is 0 Å². The molecule has 0 atom stereocenters. The van der Waals surface area contributed by atoms with Crippen molar-refractivity contribution in [2.75, 3.05) is 33.2 Å². The molecule has 1 aromatic carbocycles. The monoisotopic (exact) mass is 296 g/mol. The maximum absolute atomic E-state index is 12.5. The number of hydrogen-bond acceptors (Lipinski definition) is 3. The van der Waals surface area contributed by atoms with E-state index >= 15 is 0 Å². The highest BCUT2D eigenvalue weighted by molar-refractivity contribution is 7.89. The van der Waals surface area contributed by atoms with Gasteiger partial charge in [-0.2, -0.15) is 4.31 Å². The summed E-state index contributed by atoms with van der Waals surface area (Å²) < 4.78 is 26.6. The van der Waals surface area contributed by atoms with E-state index in [1.807, 2.05) is 19.2 Å². The molecule has 0 spiro atoms. The number of hydrogen-bond donors (Lipinski definition) is 0. The number of unbranched alkanes of at least 4 members (excludes halogenated alkanes) is 1. The third-order valence-corrected chi connectivity index (χ3v) is 5.76. The molecule has 1 fully saturated rings. The zero-order valence-corrected chi connectivity index (χ0v) is 13.2. The van der Waals surface area contributed by atoms with E-state index in [2.05, 4.69) is 11.8 Å². The summed E-state index contributed by atoms with van der Waals surface area (Å²) in [5.41, 5.74) is 1.21. The lowest BCUT2D eigenvalue weighted by atomic mass is 10.1. The van der Waals surface area contributed by atoms with Crippen LogP contribution in [-0.2, 0) is 16.4 Å². The van der Waals surface area contributed by atoms with Gasteiger partial charge in [0.1, 0.15) is 0 Å². The summed E-state index contributed by atoms with van der Waals surface area (Å²) in [6.45, 7) is 4.92. The molecule has 0 saturated carbocycles. The van der Waals surface area contributed by atoms with Crippen molar-refractivity contribution in [3.63, 3.8) is 0 Å². The first-order chi connectivity index (χ1) is 9.54. The molecule has 1 aliphatic rings. The first-order valence-electron chi connectivity index (χ1n) is 7.31. The minimum Gasteiger partial charge on any atom is -0.304 e. The molecule has 2 rings (SSSR count). The number of nitrogens with zero attached hydrogens (tertiary/aromatic N) is 2. The Morgan fingerprint density at radius 2 is 1.65 bits per heavy atom. The Labute approximate surface area is 122 Å². The van der Waals surface area contributed by atoms with Crippen LogP contribution in [0.4, 0.5) is 0 Å². The Hall–Kier alpha value is -0.910. The van der Waals surface area contributed by atoms with Crippen molar-refractivity contribution in [2.24, 2.45) is 0 Å². The van der Waals surface area contributed by atoms with Crippen LogP contribution in [0.3, 0.4) is 0 Å². The average molecular weight is 296 g/mol. The fraction of sp³-hybridized carbons (Fsp3) is 0.600. The normalized spacial score (nSPS) is 18.3. The first-order valence-corrected chi connectivity index (χ1v) is 8.75. The number of rotatable bonds is 5. The van der Waals surface area contributed by atoms with Gasteiger partial charge in [-0.25, -0.2) is 8.42 Å². The largest absolute Gasteiger partial charge is 0.304 e. The topological polar surface area (TPSA) is 40.6 Å². The molecule has 0 unspecified atom stereocenters. The van der Waals surface area contributed by atoms with Crippen molar-refractivity contribution in [3.8, 4) is 0 Å². The third-order valence-electron chi connectivity index (χ3n) is 3.84. The van der Waals surface area contributed by atoms with Gasteiger partial charge in [0.2, 0.25) is 10.0 Å². The van der Waals surface area contributed by atoms with Crippen LogP contribution in [-0.4, -0.2) is 50.8 Å². The zero-order chi connectivity index (χ0) is 14.6. The summed E-state index contributed by atoms with van der Waals surface area (Å²) in [4.78, 5) is 2.57. The number of aryl methyl sites for hydroxylation is 1. The summed E-state index contributed by atoms with van der Waals surface area (Å²) >= 11 is 0. The summed E-state index contributed by atoms with van der Waals surface area (Å²) in [7, 11) is -1.30. The molecule has 4 nitrogen and oxygen atoms in total. The predicted octanol–water partition coefficient (Wildman–Crippen LogP) is 1.97. The van der Waals surface area contributed by atoms with E-state index < -0.39 is 10.0 Å². The van der Waals surface area contributed by atoms with Gasteiger partial charge in [-0.15, -0.1) is 0 Å². The van der Waals surface area contributed by atoms with Gasteiger partial charge in [0.05, 0.1) is 4.90 Å². The maximum Gasteiger partial charge on any atom is 0.243 e. The van der Waals surface area contributed by atoms with Gasteiger partial charge in [-0.1, -0.05) is 25.5 Å². The van der Waals surface area contributed by atoms with Gasteiger partial charge >= 0.3 is 0 Å². The standard InChI is InChI=1S/C15H24N2O2S/c1-3-4-5-14-6-8-15(9-7-14)20(18,19)17-12-10-16(2)11-13-17/h6-9H,3-5,10-13H2,1-2H3. The van der Waals surface area contributed by atoms with Crippen molar-refractivity contribution >= 4 is 10.0 Å². The molecule has 1 aliphatic heterocycles. The molecule has 1 heterocycles. The molecular formula is C15H24N2O2S. The molecule has 0 amide bonds. The van der Waals surface area contributed by atoms with Crippen molar-refractivity contribution in [1.82, 2.24) is 9.21 Å². The van der Waals surface area contributed by atoms with Crippen molar-refractivity contribution < 1.29 is 8.42 Å². The Morgan fingerprint density at radius 1 is 1.05 bits per heavy atom. The molecule has 20 heavy (non-hydrogen) atoms. The maximum atomic E-state index is 12.5. The van der Waals surface area contributed by atoms with E-state index in [4.69, 9.17) is 0 Å². The van der Waals surface area contributed by atoms with Crippen molar-refractivity contribution in [3.05, 3.63) is 29.8 Å². The first kappa shape index (κ1) is 15.5. The Bertz CT molecular complexity index is 517. The Kier molecular flexibility index (Phi) is 5.18. The molecule has 1 aromatic rings. The fourth-order valence-corrected chi connectivity index (χ4v) is 3.81. The molecule has 0 N–H and O–H groups in total. The molecule has 112 valence electrons. The number of likely N-dealkylation sites (N-methyl/N-ethyl adjacent to an activating group) is 1. The highest BCUT2D eigenvalue weighted by Gasteiger charge is 2.27. The fourth-order valence-electron chi connectivity index (χ4n) is 2.39. The van der Waals surface area contributed by atoms with Gasteiger partial charge in [-0.3, -0.25) is 0 Å². The molecule has 0 aromatic heterocycles. The zero-order valence-electron chi connectivity index (χ0n) is 12.4. The molecule has 0 aliphatic carbocycles. The second-order valence-corrected chi connectivity index (χ2v) is 7.39. The van der Waals surface area contributed by atoms with E-state index in [1.54, 1.807) is 16.4 Å². The van der Waals surface area contributed by atoms with Crippen molar-refractivity contribution in [1.29, 1.82) is 0 Å². The van der Waals surface area contributed by atoms with Crippen LogP contribution in [0, 0.1) is 0 Å². The summed E-state index contributed by atoms with van der Waals surface area (Å²) in [6, 6.07) is 7.38. The molecule has 0 bridgehead atoms. The molecular weight excluding hydrogens is 272 g/mol. The minimum atomic E-state index is -3.32. The van der Waals surface area contributed by atoms with Gasteiger partial charge in [0.25, 0.3) is 0 Å². The van der Waals surface area contributed by atoms with Crippen molar-refractivity contribution in [2.45, 2.75) is 31.1 Å². The summed E-state index contributed by atoms with van der Waals surface area (Å²) in [5.74, 6) is 0. The second kappa shape index (κ2) is 6.70. The quantitative estimate of drug-likeness (QED) is 0.834. The van der Waals surface area contributed by atoms with E-state index in [1.165, 1.54) is 5.56 Å². The second-order valence-electron chi connectivity index (χ2n) is 5.45. The van der Waals surface area contributed by atoms with E-state index in [-0.39, 0.29) is 0 Å². The Morgan fingerprint density at radius 3 is 2.20 bits per heavy atom. The lowest BCUT2D eigenvalue weighted by Crippen LogP contribution is -2.46. The van der Waals surface area contributed by atoms with Gasteiger partial charge in [0, 0.05) is 26.2 Å². The molecule has 0 radical (unpaired) electrons. The number of sulfonamides is 1. The van der Waals surface area contributed by atoms with Crippen LogP contribution in [0.25, 0.3) is 0 Å². The number of benzene rings is 1. The highest BCUT2D eigenvalue weighted by Crippen LogP contribution is 2.18. The molecule has 5 heteroatoms. The molecule has 1 saturated heterocycles. The predicted molar refractivity (Wildman–Crippen MR) is 81.3 cm³/mol. The van der Waals surface area contributed by atoms with Crippen LogP contribution in [0.2, 0.25) is 0 Å². The van der Waals surface area contributed by atoms with Crippen LogP contribution in [0.15, 0.2) is 29.2 Å². The lowest BCUT2D eigenvalue weighted by Gasteiger charge is -2.31. The SMILES string of the molecule is CCCCc1ccc(S(=O)(=O)N2CCN(C)CC2)cc1. The third kappa shape index (κ3) is 3.59. The van der Waals surface area contributed by atoms with E-state index in [9.17, 15) is 8.42 Å². The van der Waals surface area contributed by atoms with E-state index in [0.717, 1.165) is 32.4 Å². The van der Waals surface area contributed by atoms with Gasteiger partial charge < -0.3 is 4.90 Å². The average Bonchev–Trinajstić information content (AvgIpc) is 2.46. The number of piperazine rings is 1. The van der Waals surface area contributed by atoms with Crippen LogP contribution < -0.4 is 0 Å². The minimum absolute atomic E-state index is 0.419. The van der Waals surface area contributed by atoms with Crippen LogP contribution in [0.1, 0.15) is 25.3 Å². The van der Waals surface area contributed by atoms with Crippen LogP contribution in [0.5, 0.6) is 0 Å². The van der Waals surface area contributed by atoms with Gasteiger partial charge in [-0.05, 0) is 37.6 Å². The lowest BCUT2D eigenvalue weighted by molar-refractivity contribution is 0.222. The summed E-state index contributed by atoms with van der Waals surface area (Å²) in [5, 5.41) is 0. The highest BCUT2D eigenvalue weighted by atomic mass is 32.2. The smallest absolute Gasteiger partial charge is 0.243 e. The van der Waals surface area contributed by atoms with E-state index in [0.29, 0.717) is 18.0 Å². The Balaban J connectivity index is 2.09.